The Morgan fingerprint density at radius 3 is 2.32 bits per heavy atom. The van der Waals surface area contributed by atoms with E-state index in [0.717, 1.165) is 5.56 Å². The Morgan fingerprint density at radius 2 is 1.76 bits per heavy atom. The maximum atomic E-state index is 12.5. The molecule has 0 aromatic heterocycles. The molecule has 1 N–H and O–H groups in total. The van der Waals surface area contributed by atoms with Crippen LogP contribution in [0.3, 0.4) is 0 Å². The number of amides is 1. The summed E-state index contributed by atoms with van der Waals surface area (Å²) in [5.74, 6) is -2.13. The second-order valence-electron chi connectivity index (χ2n) is 5.29. The molecule has 130 valence electrons. The molecule has 0 spiro atoms. The molecular formula is C18H18N2O5. The molecule has 0 fully saturated rings. The fraction of sp³-hybridized carbons (Fsp3) is 0.222. The van der Waals surface area contributed by atoms with E-state index in [1.54, 1.807) is 6.92 Å². The van der Waals surface area contributed by atoms with Gasteiger partial charge >= 0.3 is 5.97 Å². The van der Waals surface area contributed by atoms with Crippen LogP contribution < -0.4 is 5.32 Å². The zero-order chi connectivity index (χ0) is 18.2. The molecule has 0 aliphatic carbocycles. The predicted octanol–water partition coefficient (Wildman–Crippen LogP) is 2.96. The van der Waals surface area contributed by atoms with Crippen molar-refractivity contribution in [2.75, 3.05) is 11.9 Å². The van der Waals surface area contributed by atoms with E-state index in [-0.39, 0.29) is 18.7 Å². The van der Waals surface area contributed by atoms with Gasteiger partial charge in [-0.3, -0.25) is 19.7 Å². The van der Waals surface area contributed by atoms with Gasteiger partial charge in [0.15, 0.2) is 0 Å². The van der Waals surface area contributed by atoms with Gasteiger partial charge < -0.3 is 10.1 Å². The lowest BCUT2D eigenvalue weighted by molar-refractivity contribution is -0.384. The average Bonchev–Trinajstić information content (AvgIpc) is 2.61. The monoisotopic (exact) mass is 342 g/mol. The van der Waals surface area contributed by atoms with Crippen LogP contribution in [0.4, 0.5) is 11.4 Å². The van der Waals surface area contributed by atoms with E-state index in [9.17, 15) is 19.7 Å². The van der Waals surface area contributed by atoms with Crippen LogP contribution >= 0.6 is 0 Å². The second kappa shape index (κ2) is 8.58. The summed E-state index contributed by atoms with van der Waals surface area (Å²) in [7, 11) is 0. The third kappa shape index (κ3) is 5.13. The fourth-order valence-corrected chi connectivity index (χ4v) is 2.27. The quantitative estimate of drug-likeness (QED) is 0.361. The lowest BCUT2D eigenvalue weighted by Crippen LogP contribution is -2.33. The molecule has 7 heteroatoms. The van der Waals surface area contributed by atoms with E-state index in [4.69, 9.17) is 4.74 Å². The van der Waals surface area contributed by atoms with Crippen molar-refractivity contribution in [3.8, 4) is 0 Å². The number of hydrogen-bond acceptors (Lipinski definition) is 5. The Morgan fingerprint density at radius 1 is 1.12 bits per heavy atom. The maximum Gasteiger partial charge on any atom is 0.318 e. The molecule has 0 heterocycles. The van der Waals surface area contributed by atoms with Crippen LogP contribution in [-0.2, 0) is 20.7 Å². The molecule has 0 saturated carbocycles. The average molecular weight is 342 g/mol. The van der Waals surface area contributed by atoms with Gasteiger partial charge in [-0.1, -0.05) is 30.3 Å². The Labute approximate surface area is 144 Å². The second-order valence-corrected chi connectivity index (χ2v) is 5.29. The smallest absolute Gasteiger partial charge is 0.318 e. The van der Waals surface area contributed by atoms with Crippen molar-refractivity contribution in [3.05, 3.63) is 70.3 Å². The van der Waals surface area contributed by atoms with E-state index in [0.29, 0.717) is 5.69 Å². The van der Waals surface area contributed by atoms with Crippen LogP contribution in [0.15, 0.2) is 54.6 Å². The minimum absolute atomic E-state index is 0.0794. The summed E-state index contributed by atoms with van der Waals surface area (Å²) < 4.78 is 5.00. The number of ether oxygens (including phenoxy) is 1. The number of nitrogens with one attached hydrogen (secondary N) is 1. The first-order chi connectivity index (χ1) is 12.0. The SMILES string of the molecule is CCOC(=O)C(Cc1ccccc1)C(=O)Nc1ccc([N+](=O)[O-])cc1. The van der Waals surface area contributed by atoms with Crippen molar-refractivity contribution in [2.24, 2.45) is 5.92 Å². The molecule has 0 radical (unpaired) electrons. The van der Waals surface area contributed by atoms with Crippen LogP contribution in [0.2, 0.25) is 0 Å². The van der Waals surface area contributed by atoms with Crippen molar-refractivity contribution >= 4 is 23.3 Å². The topological polar surface area (TPSA) is 98.5 Å². The van der Waals surface area contributed by atoms with Crippen molar-refractivity contribution in [3.63, 3.8) is 0 Å². The van der Waals surface area contributed by atoms with Gasteiger partial charge in [-0.15, -0.1) is 0 Å². The van der Waals surface area contributed by atoms with Crippen molar-refractivity contribution in [2.45, 2.75) is 13.3 Å². The van der Waals surface area contributed by atoms with E-state index >= 15 is 0 Å². The summed E-state index contributed by atoms with van der Waals surface area (Å²) >= 11 is 0. The number of anilines is 1. The van der Waals surface area contributed by atoms with Crippen LogP contribution in [-0.4, -0.2) is 23.4 Å². The lowest BCUT2D eigenvalue weighted by Gasteiger charge is -2.15. The van der Waals surface area contributed by atoms with Crippen LogP contribution in [0.25, 0.3) is 0 Å². The van der Waals surface area contributed by atoms with Crippen LogP contribution in [0, 0.1) is 16.0 Å². The summed E-state index contributed by atoms with van der Waals surface area (Å²) in [6, 6.07) is 14.5. The highest BCUT2D eigenvalue weighted by atomic mass is 16.6. The molecule has 0 aliphatic heterocycles. The van der Waals surface area contributed by atoms with Gasteiger partial charge in [0.05, 0.1) is 11.5 Å². The van der Waals surface area contributed by atoms with Gasteiger partial charge in [0.2, 0.25) is 5.91 Å². The van der Waals surface area contributed by atoms with E-state index in [1.807, 2.05) is 30.3 Å². The standard InChI is InChI=1S/C18H18N2O5/c1-2-25-18(22)16(12-13-6-4-3-5-7-13)17(21)19-14-8-10-15(11-9-14)20(23)24/h3-11,16H,2,12H2,1H3,(H,19,21). The highest BCUT2D eigenvalue weighted by Gasteiger charge is 2.28. The molecule has 1 unspecified atom stereocenters. The van der Waals surface area contributed by atoms with Gasteiger partial charge in [0.25, 0.3) is 5.69 Å². The molecule has 2 aromatic carbocycles. The molecule has 0 bridgehead atoms. The molecule has 1 atom stereocenters. The first-order valence-corrected chi connectivity index (χ1v) is 7.77. The third-order valence-corrected chi connectivity index (χ3v) is 3.52. The van der Waals surface area contributed by atoms with E-state index < -0.39 is 22.7 Å². The molecule has 7 nitrogen and oxygen atoms in total. The number of carbonyl (C=O) groups is 2. The molecule has 2 aromatic rings. The summed E-state index contributed by atoms with van der Waals surface area (Å²) in [6.07, 6.45) is 0.207. The summed E-state index contributed by atoms with van der Waals surface area (Å²) in [6.45, 7) is 1.85. The van der Waals surface area contributed by atoms with Crippen molar-refractivity contribution in [1.82, 2.24) is 0 Å². The highest BCUT2D eigenvalue weighted by Crippen LogP contribution is 2.18. The molecular weight excluding hydrogens is 324 g/mol. The first kappa shape index (κ1) is 18.1. The number of benzene rings is 2. The number of rotatable bonds is 7. The number of esters is 1. The number of nitro groups is 1. The molecule has 1 amide bonds. The summed E-state index contributed by atoms with van der Waals surface area (Å²) in [5.41, 5.74) is 1.13. The largest absolute Gasteiger partial charge is 0.465 e. The molecule has 25 heavy (non-hydrogen) atoms. The minimum atomic E-state index is -1.00. The van der Waals surface area contributed by atoms with Crippen molar-refractivity contribution in [1.29, 1.82) is 0 Å². The number of carbonyl (C=O) groups excluding carboxylic acids is 2. The molecule has 2 rings (SSSR count). The van der Waals surface area contributed by atoms with Gasteiger partial charge in [0.1, 0.15) is 5.92 Å². The summed E-state index contributed by atoms with van der Waals surface area (Å²) in [5, 5.41) is 13.3. The summed E-state index contributed by atoms with van der Waals surface area (Å²) in [4.78, 5) is 34.8. The number of nitrogens with zero attached hydrogens (tertiary/aromatic N) is 1. The molecule has 0 saturated heterocycles. The first-order valence-electron chi connectivity index (χ1n) is 7.77. The Balaban J connectivity index is 2.13. The number of nitro benzene ring substituents is 1. The molecule has 0 aliphatic rings. The zero-order valence-electron chi connectivity index (χ0n) is 13.7. The minimum Gasteiger partial charge on any atom is -0.465 e. The number of non-ortho nitro benzene ring substituents is 1. The van der Waals surface area contributed by atoms with Gasteiger partial charge in [-0.25, -0.2) is 0 Å². The fourth-order valence-electron chi connectivity index (χ4n) is 2.27. The van der Waals surface area contributed by atoms with Gasteiger partial charge in [-0.2, -0.15) is 0 Å². The Bertz CT molecular complexity index is 744. The van der Waals surface area contributed by atoms with Gasteiger partial charge in [-0.05, 0) is 31.0 Å². The lowest BCUT2D eigenvalue weighted by atomic mass is 9.98. The normalized spacial score (nSPS) is 11.4. The zero-order valence-corrected chi connectivity index (χ0v) is 13.7. The van der Waals surface area contributed by atoms with Gasteiger partial charge in [0, 0.05) is 17.8 Å². The Hall–Kier alpha value is -3.22. The van der Waals surface area contributed by atoms with Crippen molar-refractivity contribution < 1.29 is 19.2 Å². The third-order valence-electron chi connectivity index (χ3n) is 3.52. The van der Waals surface area contributed by atoms with E-state index in [1.165, 1.54) is 24.3 Å². The van der Waals surface area contributed by atoms with Crippen LogP contribution in [0.1, 0.15) is 12.5 Å². The van der Waals surface area contributed by atoms with Crippen LogP contribution in [0.5, 0.6) is 0 Å². The highest BCUT2D eigenvalue weighted by molar-refractivity contribution is 6.05. The van der Waals surface area contributed by atoms with E-state index in [2.05, 4.69) is 5.32 Å². The maximum absolute atomic E-state index is 12.5. The number of hydrogen-bond donors (Lipinski definition) is 1. The predicted molar refractivity (Wildman–Crippen MR) is 92.0 cm³/mol. The Kier molecular flexibility index (Phi) is 6.22.